The minimum absolute atomic E-state index is 0.0642. The van der Waals surface area contributed by atoms with Crippen LogP contribution in [0.25, 0.3) is 10.1 Å². The first-order valence-electron chi connectivity index (χ1n) is 8.50. The zero-order valence-electron chi connectivity index (χ0n) is 16.1. The fraction of sp³-hybridized carbons (Fsp3) is 0.158. The van der Waals surface area contributed by atoms with Crippen molar-refractivity contribution in [3.63, 3.8) is 0 Å². The number of benzene rings is 2. The second-order valence-corrected chi connectivity index (χ2v) is 7.74. The number of nitrogens with zero attached hydrogens (tertiary/aromatic N) is 1. The molecule has 3 aromatic rings. The molecular formula is C19H14Cl2N2O7S. The number of nitro groups is 1. The van der Waals surface area contributed by atoms with Crippen LogP contribution in [-0.2, 0) is 9.53 Å². The molecule has 162 valence electrons. The van der Waals surface area contributed by atoms with Crippen LogP contribution in [0.4, 0.5) is 11.4 Å². The van der Waals surface area contributed by atoms with Crippen molar-refractivity contribution in [3.05, 3.63) is 55.4 Å². The number of carbonyl (C=O) groups is 2. The lowest BCUT2D eigenvalue weighted by atomic mass is 10.2. The van der Waals surface area contributed by atoms with Gasteiger partial charge in [-0.05, 0) is 24.3 Å². The Morgan fingerprint density at radius 3 is 2.52 bits per heavy atom. The molecule has 0 saturated heterocycles. The normalized spacial score (nSPS) is 10.6. The molecule has 0 unspecified atom stereocenters. The summed E-state index contributed by atoms with van der Waals surface area (Å²) >= 11 is 13.5. The molecule has 0 fully saturated rings. The van der Waals surface area contributed by atoms with Crippen molar-refractivity contribution in [2.24, 2.45) is 0 Å². The number of hydrogen-bond acceptors (Lipinski definition) is 8. The van der Waals surface area contributed by atoms with E-state index in [1.165, 1.54) is 26.4 Å². The number of amides is 1. The summed E-state index contributed by atoms with van der Waals surface area (Å²) in [5, 5.41) is 14.5. The van der Waals surface area contributed by atoms with Crippen molar-refractivity contribution in [2.75, 3.05) is 26.1 Å². The number of ether oxygens (including phenoxy) is 3. The highest BCUT2D eigenvalue weighted by molar-refractivity contribution is 7.22. The van der Waals surface area contributed by atoms with Gasteiger partial charge < -0.3 is 19.5 Å². The number of nitrogens with one attached hydrogen (secondary N) is 1. The Kier molecular flexibility index (Phi) is 6.84. The Bertz CT molecular complexity index is 1200. The summed E-state index contributed by atoms with van der Waals surface area (Å²) in [5.41, 5.74) is -0.430. The maximum absolute atomic E-state index is 12.4. The van der Waals surface area contributed by atoms with E-state index in [1.54, 1.807) is 12.1 Å². The average molecular weight is 485 g/mol. The van der Waals surface area contributed by atoms with Gasteiger partial charge >= 0.3 is 5.97 Å². The van der Waals surface area contributed by atoms with Crippen LogP contribution in [-0.4, -0.2) is 37.6 Å². The Hall–Kier alpha value is -3.08. The molecule has 0 radical (unpaired) electrons. The molecule has 1 amide bonds. The molecule has 1 aromatic heterocycles. The van der Waals surface area contributed by atoms with Gasteiger partial charge in [0.15, 0.2) is 6.61 Å². The van der Waals surface area contributed by atoms with E-state index in [2.05, 4.69) is 5.32 Å². The molecule has 1 heterocycles. The first-order valence-corrected chi connectivity index (χ1v) is 10.1. The highest BCUT2D eigenvalue weighted by atomic mass is 35.5. The Labute approximate surface area is 189 Å². The summed E-state index contributed by atoms with van der Waals surface area (Å²) in [5.74, 6) is -0.919. The lowest BCUT2D eigenvalue weighted by molar-refractivity contribution is -0.384. The second kappa shape index (κ2) is 9.38. The lowest BCUT2D eigenvalue weighted by Gasteiger charge is -2.08. The molecule has 0 spiro atoms. The number of esters is 1. The largest absolute Gasteiger partial charge is 0.496 e. The minimum Gasteiger partial charge on any atom is -0.496 e. The molecule has 9 nitrogen and oxygen atoms in total. The second-order valence-electron chi connectivity index (χ2n) is 5.97. The topological polar surface area (TPSA) is 117 Å². The summed E-state index contributed by atoms with van der Waals surface area (Å²) in [6.45, 7) is -0.677. The predicted octanol–water partition coefficient (Wildman–Crippen LogP) is 4.93. The summed E-state index contributed by atoms with van der Waals surface area (Å²) in [6, 6.07) is 7.20. The van der Waals surface area contributed by atoms with Crippen LogP contribution < -0.4 is 14.8 Å². The quantitative estimate of drug-likeness (QED) is 0.287. The number of anilines is 1. The number of rotatable bonds is 7. The van der Waals surface area contributed by atoms with Crippen molar-refractivity contribution in [1.29, 1.82) is 0 Å². The zero-order valence-corrected chi connectivity index (χ0v) is 18.4. The van der Waals surface area contributed by atoms with E-state index in [9.17, 15) is 19.7 Å². The van der Waals surface area contributed by atoms with Gasteiger partial charge in [-0.15, -0.1) is 11.3 Å². The van der Waals surface area contributed by atoms with Crippen LogP contribution in [0.3, 0.4) is 0 Å². The fourth-order valence-electron chi connectivity index (χ4n) is 2.65. The molecule has 0 aliphatic rings. The van der Waals surface area contributed by atoms with Crippen LogP contribution in [0.1, 0.15) is 9.67 Å². The molecule has 31 heavy (non-hydrogen) atoms. The Morgan fingerprint density at radius 2 is 1.87 bits per heavy atom. The SMILES string of the molecule is COc1ccc(NC(=O)COC(=O)c2sc3c(Cl)c(OC)ccc3c2Cl)c([N+](=O)[O-])c1. The van der Waals surface area contributed by atoms with E-state index in [1.807, 2.05) is 0 Å². The van der Waals surface area contributed by atoms with Crippen molar-refractivity contribution >= 4 is 67.9 Å². The molecular weight excluding hydrogens is 471 g/mol. The Balaban J connectivity index is 1.73. The van der Waals surface area contributed by atoms with Crippen LogP contribution in [0, 0.1) is 10.1 Å². The molecule has 2 aromatic carbocycles. The van der Waals surface area contributed by atoms with Gasteiger partial charge in [-0.3, -0.25) is 14.9 Å². The van der Waals surface area contributed by atoms with Crippen molar-refractivity contribution in [3.8, 4) is 11.5 Å². The van der Waals surface area contributed by atoms with Gasteiger partial charge in [-0.2, -0.15) is 0 Å². The molecule has 1 N–H and O–H groups in total. The summed E-state index contributed by atoms with van der Waals surface area (Å²) in [6.07, 6.45) is 0. The van der Waals surface area contributed by atoms with Gasteiger partial charge in [0.25, 0.3) is 11.6 Å². The average Bonchev–Trinajstić information content (AvgIpc) is 3.10. The number of thiophene rings is 1. The number of fused-ring (bicyclic) bond motifs is 1. The van der Waals surface area contributed by atoms with Crippen LogP contribution in [0.15, 0.2) is 30.3 Å². The maximum Gasteiger partial charge on any atom is 0.350 e. The number of hydrogen-bond donors (Lipinski definition) is 1. The molecule has 0 aliphatic carbocycles. The van der Waals surface area contributed by atoms with E-state index >= 15 is 0 Å². The summed E-state index contributed by atoms with van der Waals surface area (Å²) in [4.78, 5) is 35.2. The van der Waals surface area contributed by atoms with E-state index in [4.69, 9.17) is 37.4 Å². The highest BCUT2D eigenvalue weighted by Crippen LogP contribution is 2.43. The summed E-state index contributed by atoms with van der Waals surface area (Å²) < 4.78 is 15.6. The summed E-state index contributed by atoms with van der Waals surface area (Å²) in [7, 11) is 2.82. The van der Waals surface area contributed by atoms with Crippen LogP contribution in [0.5, 0.6) is 11.5 Å². The van der Waals surface area contributed by atoms with Gasteiger partial charge in [0.2, 0.25) is 0 Å². The van der Waals surface area contributed by atoms with Crippen LogP contribution in [0.2, 0.25) is 10.0 Å². The Morgan fingerprint density at radius 1 is 1.13 bits per heavy atom. The van der Waals surface area contributed by atoms with Gasteiger partial charge in [-0.25, -0.2) is 4.79 Å². The molecule has 0 saturated carbocycles. The number of methoxy groups -OCH3 is 2. The molecule has 0 bridgehead atoms. The molecule has 0 aliphatic heterocycles. The smallest absolute Gasteiger partial charge is 0.350 e. The molecule has 12 heteroatoms. The molecule has 0 atom stereocenters. The zero-order chi connectivity index (χ0) is 22.7. The standard InChI is InChI=1S/C19H14Cl2N2O7S/c1-28-9-3-5-11(12(7-9)23(26)27)22-14(24)8-30-19(25)18-15(20)10-4-6-13(29-2)16(21)17(10)31-18/h3-7H,8H2,1-2H3,(H,22,24). The monoisotopic (exact) mass is 484 g/mol. The maximum atomic E-state index is 12.4. The third-order valence-corrected chi connectivity index (χ3v) is 6.31. The highest BCUT2D eigenvalue weighted by Gasteiger charge is 2.23. The van der Waals surface area contributed by atoms with E-state index in [0.29, 0.717) is 20.9 Å². The van der Waals surface area contributed by atoms with Gasteiger partial charge in [0.1, 0.15) is 27.1 Å². The van der Waals surface area contributed by atoms with E-state index in [0.717, 1.165) is 17.4 Å². The van der Waals surface area contributed by atoms with Crippen molar-refractivity contribution in [1.82, 2.24) is 0 Å². The van der Waals surface area contributed by atoms with E-state index in [-0.39, 0.29) is 27.0 Å². The minimum atomic E-state index is -0.833. The molecule has 3 rings (SSSR count). The first kappa shape index (κ1) is 22.6. The van der Waals surface area contributed by atoms with Gasteiger partial charge in [0.05, 0.1) is 34.9 Å². The number of carbonyl (C=O) groups excluding carboxylic acids is 2. The number of halogens is 2. The van der Waals surface area contributed by atoms with Crippen molar-refractivity contribution in [2.45, 2.75) is 0 Å². The van der Waals surface area contributed by atoms with Crippen molar-refractivity contribution < 1.29 is 28.7 Å². The van der Waals surface area contributed by atoms with Gasteiger partial charge in [-0.1, -0.05) is 23.2 Å². The van der Waals surface area contributed by atoms with Gasteiger partial charge in [0, 0.05) is 5.39 Å². The third kappa shape index (κ3) is 4.66. The lowest BCUT2D eigenvalue weighted by Crippen LogP contribution is -2.21. The van der Waals surface area contributed by atoms with Crippen LogP contribution >= 0.6 is 34.5 Å². The number of nitro benzene ring substituents is 1. The fourth-order valence-corrected chi connectivity index (χ4v) is 4.43. The predicted molar refractivity (Wildman–Crippen MR) is 117 cm³/mol. The third-order valence-electron chi connectivity index (χ3n) is 4.12. The first-order chi connectivity index (χ1) is 14.8. The van der Waals surface area contributed by atoms with E-state index < -0.39 is 23.4 Å².